The zero-order valence-electron chi connectivity index (χ0n) is 10.1. The van der Waals surface area contributed by atoms with E-state index in [2.05, 4.69) is 0 Å². The summed E-state index contributed by atoms with van der Waals surface area (Å²) in [4.78, 5) is 13.1. The first-order chi connectivity index (χ1) is 7.28. The van der Waals surface area contributed by atoms with E-state index in [1.54, 1.807) is 20.8 Å². The number of alkyl halides is 1. The average molecular weight is 233 g/mol. The highest BCUT2D eigenvalue weighted by Gasteiger charge is 2.28. The van der Waals surface area contributed by atoms with Gasteiger partial charge in [-0.05, 0) is 27.2 Å². The van der Waals surface area contributed by atoms with Crippen LogP contribution in [0.4, 0.5) is 9.18 Å². The maximum Gasteiger partial charge on any atom is 0.410 e. The van der Waals surface area contributed by atoms with Crippen LogP contribution >= 0.6 is 0 Å². The van der Waals surface area contributed by atoms with Crippen LogP contribution in [0.15, 0.2) is 0 Å². The second-order valence-corrected chi connectivity index (χ2v) is 5.20. The van der Waals surface area contributed by atoms with Crippen LogP contribution in [0.3, 0.4) is 0 Å². The van der Waals surface area contributed by atoms with Gasteiger partial charge >= 0.3 is 6.09 Å². The van der Waals surface area contributed by atoms with Crippen LogP contribution in [0.5, 0.6) is 0 Å². The molecule has 1 aliphatic rings. The van der Waals surface area contributed by atoms with Gasteiger partial charge < -0.3 is 14.7 Å². The summed E-state index contributed by atoms with van der Waals surface area (Å²) in [5, 5.41) is 9.49. The van der Waals surface area contributed by atoms with Crippen LogP contribution in [-0.2, 0) is 4.74 Å². The van der Waals surface area contributed by atoms with Gasteiger partial charge in [0.2, 0.25) is 0 Å². The van der Waals surface area contributed by atoms with Crippen molar-refractivity contribution in [3.05, 3.63) is 0 Å². The van der Waals surface area contributed by atoms with Gasteiger partial charge in [-0.2, -0.15) is 0 Å². The molecule has 94 valence electrons. The predicted molar refractivity (Wildman–Crippen MR) is 57.9 cm³/mol. The van der Waals surface area contributed by atoms with Crippen molar-refractivity contribution in [1.82, 2.24) is 4.90 Å². The molecule has 0 aromatic carbocycles. The van der Waals surface area contributed by atoms with Gasteiger partial charge in [0.1, 0.15) is 11.8 Å². The number of aliphatic hydroxyl groups is 1. The van der Waals surface area contributed by atoms with Crippen LogP contribution in [0.25, 0.3) is 0 Å². The number of ether oxygens (including phenoxy) is 1. The Morgan fingerprint density at radius 1 is 1.50 bits per heavy atom. The molecule has 0 saturated carbocycles. The second-order valence-electron chi connectivity index (χ2n) is 5.20. The van der Waals surface area contributed by atoms with Crippen molar-refractivity contribution < 1.29 is 19.0 Å². The highest BCUT2D eigenvalue weighted by Crippen LogP contribution is 2.17. The van der Waals surface area contributed by atoms with Gasteiger partial charge in [0, 0.05) is 13.0 Å². The summed E-state index contributed by atoms with van der Waals surface area (Å²) >= 11 is 0. The van der Waals surface area contributed by atoms with Crippen molar-refractivity contribution in [3.8, 4) is 0 Å². The Morgan fingerprint density at radius 3 is 2.69 bits per heavy atom. The van der Waals surface area contributed by atoms with E-state index < -0.39 is 24.0 Å². The van der Waals surface area contributed by atoms with E-state index >= 15 is 0 Å². The summed E-state index contributed by atoms with van der Waals surface area (Å²) in [5.41, 5.74) is -0.566. The molecule has 16 heavy (non-hydrogen) atoms. The Labute approximate surface area is 95.4 Å². The van der Waals surface area contributed by atoms with Crippen molar-refractivity contribution >= 4 is 6.09 Å². The molecule has 1 amide bonds. The maximum absolute atomic E-state index is 13.1. The van der Waals surface area contributed by atoms with E-state index in [0.717, 1.165) is 0 Å². The Balaban J connectivity index is 2.55. The van der Waals surface area contributed by atoms with E-state index in [4.69, 9.17) is 4.74 Å². The fourth-order valence-corrected chi connectivity index (χ4v) is 1.62. The van der Waals surface area contributed by atoms with Gasteiger partial charge in [0.25, 0.3) is 0 Å². The highest BCUT2D eigenvalue weighted by molar-refractivity contribution is 5.68. The minimum absolute atomic E-state index is 0.0965. The third-order valence-electron chi connectivity index (χ3n) is 2.32. The maximum atomic E-state index is 13.1. The van der Waals surface area contributed by atoms with Gasteiger partial charge in [-0.15, -0.1) is 0 Å². The normalized spacial score (nSPS) is 27.4. The Bertz CT molecular complexity index is 252. The number of hydrogen-bond donors (Lipinski definition) is 1. The molecule has 4 nitrogen and oxygen atoms in total. The van der Waals surface area contributed by atoms with E-state index in [1.807, 2.05) is 0 Å². The second kappa shape index (κ2) is 4.99. The van der Waals surface area contributed by atoms with Crippen LogP contribution in [0.1, 0.15) is 33.6 Å². The number of nitrogens with zero attached hydrogens (tertiary/aromatic N) is 1. The predicted octanol–water partition coefficient (Wildman–Crippen LogP) is 1.72. The Kier molecular flexibility index (Phi) is 4.13. The highest BCUT2D eigenvalue weighted by atomic mass is 19.1. The van der Waals surface area contributed by atoms with Gasteiger partial charge in [0.15, 0.2) is 0 Å². The molecule has 1 heterocycles. The summed E-state index contributed by atoms with van der Waals surface area (Å²) in [6.07, 6.45) is -1.97. The molecule has 5 heteroatoms. The number of β-amino-alcohol motifs (C(OH)–C–C–N with tert-alkyl or cyclic N) is 1. The third-order valence-corrected chi connectivity index (χ3v) is 2.32. The molecule has 0 radical (unpaired) electrons. The molecular formula is C11H20FNO3. The minimum atomic E-state index is -1.04. The van der Waals surface area contributed by atoms with Crippen LogP contribution in [-0.4, -0.2) is 47.1 Å². The summed E-state index contributed by atoms with van der Waals surface area (Å²) < 4.78 is 18.3. The largest absolute Gasteiger partial charge is 0.444 e. The van der Waals surface area contributed by atoms with Gasteiger partial charge in [-0.3, -0.25) is 0 Å². The summed E-state index contributed by atoms with van der Waals surface area (Å²) in [6, 6.07) is 0. The smallest absolute Gasteiger partial charge is 0.410 e. The molecule has 1 N–H and O–H groups in total. The quantitative estimate of drug-likeness (QED) is 0.693. The number of carbonyl (C=O) groups is 1. The topological polar surface area (TPSA) is 49.8 Å². The van der Waals surface area contributed by atoms with Crippen molar-refractivity contribution in [3.63, 3.8) is 0 Å². The van der Waals surface area contributed by atoms with Crippen LogP contribution in [0.2, 0.25) is 0 Å². The van der Waals surface area contributed by atoms with E-state index in [1.165, 1.54) is 4.90 Å². The fourth-order valence-electron chi connectivity index (χ4n) is 1.62. The lowest BCUT2D eigenvalue weighted by molar-refractivity contribution is 0.0172. The average Bonchev–Trinajstić information content (AvgIpc) is 2.23. The molecule has 0 spiro atoms. The lowest BCUT2D eigenvalue weighted by atomic mass is 10.1. The molecule has 0 aliphatic carbocycles. The number of likely N-dealkylation sites (tertiary alicyclic amines) is 1. The van der Waals surface area contributed by atoms with Gasteiger partial charge in [-0.1, -0.05) is 0 Å². The van der Waals surface area contributed by atoms with Crippen LogP contribution < -0.4 is 0 Å². The fraction of sp³-hybridized carbons (Fsp3) is 0.909. The van der Waals surface area contributed by atoms with Gasteiger partial charge in [-0.25, -0.2) is 9.18 Å². The van der Waals surface area contributed by atoms with E-state index in [0.29, 0.717) is 6.54 Å². The molecule has 2 unspecified atom stereocenters. The van der Waals surface area contributed by atoms with Gasteiger partial charge in [0.05, 0.1) is 12.6 Å². The van der Waals surface area contributed by atoms with E-state index in [-0.39, 0.29) is 19.4 Å². The number of hydrogen-bond acceptors (Lipinski definition) is 3. The lowest BCUT2D eigenvalue weighted by Crippen LogP contribution is -2.40. The van der Waals surface area contributed by atoms with Crippen molar-refractivity contribution in [2.45, 2.75) is 51.5 Å². The van der Waals surface area contributed by atoms with Crippen LogP contribution in [0, 0.1) is 0 Å². The first-order valence-corrected chi connectivity index (χ1v) is 5.58. The molecule has 0 aromatic heterocycles. The minimum Gasteiger partial charge on any atom is -0.444 e. The summed E-state index contributed by atoms with van der Waals surface area (Å²) in [7, 11) is 0. The molecule has 1 fully saturated rings. The molecular weight excluding hydrogens is 213 g/mol. The molecule has 0 bridgehead atoms. The zero-order valence-corrected chi connectivity index (χ0v) is 10.1. The summed E-state index contributed by atoms with van der Waals surface area (Å²) in [6.45, 7) is 5.77. The monoisotopic (exact) mass is 233 g/mol. The Hall–Kier alpha value is -0.840. The Morgan fingerprint density at radius 2 is 2.12 bits per heavy atom. The first-order valence-electron chi connectivity index (χ1n) is 5.58. The molecule has 2 atom stereocenters. The van der Waals surface area contributed by atoms with Crippen molar-refractivity contribution in [1.29, 1.82) is 0 Å². The lowest BCUT2D eigenvalue weighted by Gasteiger charge is -2.27. The van der Waals surface area contributed by atoms with Crippen molar-refractivity contribution in [2.24, 2.45) is 0 Å². The number of carbonyl (C=O) groups excluding carboxylic acids is 1. The molecule has 1 rings (SSSR count). The van der Waals surface area contributed by atoms with E-state index in [9.17, 15) is 14.3 Å². The number of aliphatic hydroxyl groups excluding tert-OH is 1. The van der Waals surface area contributed by atoms with Crippen molar-refractivity contribution in [2.75, 3.05) is 13.1 Å². The number of amides is 1. The molecule has 1 saturated heterocycles. The number of halogens is 1. The zero-order chi connectivity index (χ0) is 12.3. The third kappa shape index (κ3) is 4.35. The SMILES string of the molecule is CC(C)(C)OC(=O)N1CCC(F)CC(O)C1. The molecule has 1 aliphatic heterocycles. The summed E-state index contributed by atoms with van der Waals surface area (Å²) in [5.74, 6) is 0. The molecule has 0 aromatic rings. The standard InChI is InChI=1S/C11H20FNO3/c1-11(2,3)16-10(15)13-5-4-8(12)6-9(14)7-13/h8-9,14H,4-7H2,1-3H3. The first kappa shape index (κ1) is 13.2. The number of rotatable bonds is 0.